The highest BCUT2D eigenvalue weighted by molar-refractivity contribution is 7.92. The van der Waals surface area contributed by atoms with E-state index < -0.39 is 14.6 Å². The van der Waals surface area contributed by atoms with Gasteiger partial charge >= 0.3 is 0 Å². The van der Waals surface area contributed by atoms with Crippen molar-refractivity contribution < 1.29 is 8.42 Å². The van der Waals surface area contributed by atoms with Gasteiger partial charge in [-0.3, -0.25) is 4.68 Å². The molecule has 0 atom stereocenters. The highest BCUT2D eigenvalue weighted by Gasteiger charge is 2.28. The second-order valence-electron chi connectivity index (χ2n) is 6.53. The molecule has 0 fully saturated rings. The first-order chi connectivity index (χ1) is 9.12. The standard InChI is InChI=1S/C14H27N3O2S/c1-12(2)10-15-11-13-6-7-17(16-13)8-9-20(18,19)14(3,4)5/h6-7,12,15H,8-11H2,1-5H3. The Morgan fingerprint density at radius 3 is 2.55 bits per heavy atom. The largest absolute Gasteiger partial charge is 0.311 e. The van der Waals surface area contributed by atoms with E-state index in [1.165, 1.54) is 0 Å². The number of aryl methyl sites for hydroxylation is 1. The van der Waals surface area contributed by atoms with Crippen LogP contribution in [0.4, 0.5) is 0 Å². The summed E-state index contributed by atoms with van der Waals surface area (Å²) in [5, 5.41) is 7.70. The van der Waals surface area contributed by atoms with Gasteiger partial charge in [-0.15, -0.1) is 0 Å². The first kappa shape index (κ1) is 17.2. The summed E-state index contributed by atoms with van der Waals surface area (Å²) in [5.74, 6) is 0.728. The van der Waals surface area contributed by atoms with Crippen LogP contribution in [0.3, 0.4) is 0 Å². The van der Waals surface area contributed by atoms with Gasteiger partial charge in [0.15, 0.2) is 9.84 Å². The van der Waals surface area contributed by atoms with Crippen molar-refractivity contribution in [3.05, 3.63) is 18.0 Å². The third-order valence-corrected chi connectivity index (χ3v) is 5.66. The maximum Gasteiger partial charge on any atom is 0.157 e. The number of hydrogen-bond donors (Lipinski definition) is 1. The normalized spacial score (nSPS) is 13.1. The van der Waals surface area contributed by atoms with E-state index in [9.17, 15) is 8.42 Å². The van der Waals surface area contributed by atoms with E-state index in [1.807, 2.05) is 12.3 Å². The minimum Gasteiger partial charge on any atom is -0.311 e. The number of nitrogens with zero attached hydrogens (tertiary/aromatic N) is 2. The SMILES string of the molecule is CC(C)CNCc1ccn(CCS(=O)(=O)C(C)(C)C)n1. The molecule has 0 unspecified atom stereocenters. The molecule has 1 rings (SSSR count). The van der Waals surface area contributed by atoms with E-state index in [-0.39, 0.29) is 5.75 Å². The third-order valence-electron chi connectivity index (χ3n) is 3.08. The summed E-state index contributed by atoms with van der Waals surface area (Å²) in [4.78, 5) is 0. The van der Waals surface area contributed by atoms with Crippen LogP contribution in [0.5, 0.6) is 0 Å². The van der Waals surface area contributed by atoms with E-state index in [2.05, 4.69) is 24.3 Å². The quantitative estimate of drug-likeness (QED) is 0.834. The summed E-state index contributed by atoms with van der Waals surface area (Å²) in [6, 6.07) is 1.93. The van der Waals surface area contributed by atoms with E-state index in [4.69, 9.17) is 0 Å². The second-order valence-corrected chi connectivity index (χ2v) is 9.39. The van der Waals surface area contributed by atoms with Gasteiger partial charge in [0.05, 0.1) is 22.7 Å². The number of nitrogens with one attached hydrogen (secondary N) is 1. The van der Waals surface area contributed by atoms with Gasteiger partial charge < -0.3 is 5.32 Å². The Labute approximate surface area is 122 Å². The average Bonchev–Trinajstić information content (AvgIpc) is 2.72. The highest BCUT2D eigenvalue weighted by atomic mass is 32.2. The number of rotatable bonds is 7. The van der Waals surface area contributed by atoms with Crippen LogP contribution < -0.4 is 5.32 Å². The summed E-state index contributed by atoms with van der Waals surface area (Å²) in [6.45, 7) is 11.6. The van der Waals surface area contributed by atoms with Crippen molar-refractivity contribution in [2.45, 2.75) is 52.5 Å². The van der Waals surface area contributed by atoms with Gasteiger partial charge in [-0.2, -0.15) is 5.10 Å². The van der Waals surface area contributed by atoms with Crippen molar-refractivity contribution in [3.63, 3.8) is 0 Å². The molecule has 1 aromatic rings. The first-order valence-electron chi connectivity index (χ1n) is 7.07. The van der Waals surface area contributed by atoms with Crippen LogP contribution in [0, 0.1) is 5.92 Å². The lowest BCUT2D eigenvalue weighted by molar-refractivity contribution is 0.535. The molecule has 0 saturated carbocycles. The molecule has 0 amide bonds. The Bertz CT molecular complexity index is 513. The van der Waals surface area contributed by atoms with Crippen LogP contribution >= 0.6 is 0 Å². The maximum absolute atomic E-state index is 12.0. The molecule has 116 valence electrons. The van der Waals surface area contributed by atoms with Gasteiger partial charge in [0.2, 0.25) is 0 Å². The van der Waals surface area contributed by atoms with E-state index in [0.29, 0.717) is 12.5 Å². The van der Waals surface area contributed by atoms with Gasteiger partial charge in [-0.25, -0.2) is 8.42 Å². The maximum atomic E-state index is 12.0. The molecule has 0 radical (unpaired) electrons. The number of aromatic nitrogens is 2. The predicted molar refractivity (Wildman–Crippen MR) is 82.3 cm³/mol. The van der Waals surface area contributed by atoms with Crippen LogP contribution in [0.2, 0.25) is 0 Å². The summed E-state index contributed by atoms with van der Waals surface area (Å²) in [5.41, 5.74) is 0.943. The topological polar surface area (TPSA) is 64.0 Å². The van der Waals surface area contributed by atoms with Gasteiger partial charge in [-0.05, 0) is 39.3 Å². The second kappa shape index (κ2) is 6.72. The van der Waals surface area contributed by atoms with Crippen LogP contribution in [0.25, 0.3) is 0 Å². The van der Waals surface area contributed by atoms with Crippen molar-refractivity contribution >= 4 is 9.84 Å². The molecule has 0 aliphatic heterocycles. The molecule has 0 aliphatic rings. The predicted octanol–water partition coefficient (Wildman–Crippen LogP) is 1.84. The molecule has 0 aromatic carbocycles. The molecule has 1 N–H and O–H groups in total. The zero-order chi connectivity index (χ0) is 15.4. The molecule has 1 aromatic heterocycles. The van der Waals surface area contributed by atoms with Crippen molar-refractivity contribution in [1.29, 1.82) is 0 Å². The molecule has 20 heavy (non-hydrogen) atoms. The summed E-state index contributed by atoms with van der Waals surface area (Å²) in [7, 11) is -3.09. The Morgan fingerprint density at radius 2 is 2.00 bits per heavy atom. The summed E-state index contributed by atoms with van der Waals surface area (Å²) < 4.78 is 25.0. The van der Waals surface area contributed by atoms with Crippen molar-refractivity contribution in [1.82, 2.24) is 15.1 Å². The zero-order valence-corrected chi connectivity index (χ0v) is 14.0. The van der Waals surface area contributed by atoms with Gasteiger partial charge in [-0.1, -0.05) is 13.8 Å². The molecule has 0 spiro atoms. The average molecular weight is 301 g/mol. The van der Waals surface area contributed by atoms with E-state index in [1.54, 1.807) is 25.5 Å². The highest BCUT2D eigenvalue weighted by Crippen LogP contribution is 2.16. The van der Waals surface area contributed by atoms with Gasteiger partial charge in [0.1, 0.15) is 0 Å². The third kappa shape index (κ3) is 5.25. The molecule has 6 heteroatoms. The van der Waals surface area contributed by atoms with Crippen LogP contribution in [-0.2, 0) is 22.9 Å². The van der Waals surface area contributed by atoms with Crippen molar-refractivity contribution in [2.24, 2.45) is 5.92 Å². The van der Waals surface area contributed by atoms with Crippen molar-refractivity contribution in [3.8, 4) is 0 Å². The molecule has 5 nitrogen and oxygen atoms in total. The van der Waals surface area contributed by atoms with Crippen LogP contribution in [-0.4, -0.2) is 35.2 Å². The van der Waals surface area contributed by atoms with Crippen LogP contribution in [0.15, 0.2) is 12.3 Å². The molecule has 1 heterocycles. The number of hydrogen-bond acceptors (Lipinski definition) is 4. The fourth-order valence-electron chi connectivity index (χ4n) is 1.63. The fraction of sp³-hybridized carbons (Fsp3) is 0.786. The smallest absolute Gasteiger partial charge is 0.157 e. The van der Waals surface area contributed by atoms with Gasteiger partial charge in [0, 0.05) is 12.7 Å². The Balaban J connectivity index is 2.49. The molecular weight excluding hydrogens is 274 g/mol. The van der Waals surface area contributed by atoms with E-state index in [0.717, 1.165) is 18.8 Å². The van der Waals surface area contributed by atoms with Crippen LogP contribution in [0.1, 0.15) is 40.3 Å². The fourth-order valence-corrected chi connectivity index (χ4v) is 2.67. The monoisotopic (exact) mass is 301 g/mol. The summed E-state index contributed by atoms with van der Waals surface area (Å²) in [6.07, 6.45) is 1.84. The lowest BCUT2D eigenvalue weighted by Gasteiger charge is -2.18. The molecule has 0 bridgehead atoms. The van der Waals surface area contributed by atoms with Gasteiger partial charge in [0.25, 0.3) is 0 Å². The zero-order valence-electron chi connectivity index (χ0n) is 13.2. The minimum atomic E-state index is -3.09. The summed E-state index contributed by atoms with van der Waals surface area (Å²) >= 11 is 0. The first-order valence-corrected chi connectivity index (χ1v) is 8.72. The molecule has 0 aliphatic carbocycles. The molecular formula is C14H27N3O2S. The molecule has 0 saturated heterocycles. The van der Waals surface area contributed by atoms with E-state index >= 15 is 0 Å². The Morgan fingerprint density at radius 1 is 1.35 bits per heavy atom. The minimum absolute atomic E-state index is 0.122. The Kier molecular flexibility index (Phi) is 5.77. The lowest BCUT2D eigenvalue weighted by Crippen LogP contribution is -2.32. The lowest BCUT2D eigenvalue weighted by atomic mass is 10.2. The number of sulfone groups is 1. The van der Waals surface area contributed by atoms with Crippen molar-refractivity contribution in [2.75, 3.05) is 12.3 Å². The Hall–Kier alpha value is -0.880.